The van der Waals surface area contributed by atoms with Gasteiger partial charge in [-0.3, -0.25) is 4.79 Å². The van der Waals surface area contributed by atoms with E-state index in [-0.39, 0.29) is 11.7 Å². The highest BCUT2D eigenvalue weighted by molar-refractivity contribution is 7.90. The second-order valence-electron chi connectivity index (χ2n) is 5.35. The first kappa shape index (κ1) is 15.0. The fourth-order valence-corrected chi connectivity index (χ4v) is 3.24. The first-order valence-electron chi connectivity index (χ1n) is 6.54. The molecule has 0 bridgehead atoms. The van der Waals surface area contributed by atoms with Crippen molar-refractivity contribution in [3.63, 3.8) is 0 Å². The number of benzene rings is 1. The standard InChI is InChI=1S/C14H19NO4S/c1-20(18,19)8-7-15-9-12(13(10-15)14(16)17)11-5-3-2-4-6-11/h2-6,12-13H,7-10H2,1H3,(H,16,17)/t12-,13+/m1/s1. The van der Waals surface area contributed by atoms with Crippen molar-refractivity contribution in [2.45, 2.75) is 5.92 Å². The highest BCUT2D eigenvalue weighted by Gasteiger charge is 2.38. The maximum atomic E-state index is 11.4. The van der Waals surface area contributed by atoms with Gasteiger partial charge in [0.1, 0.15) is 9.84 Å². The molecule has 2 rings (SSSR count). The molecule has 1 heterocycles. The molecule has 0 spiro atoms. The molecule has 0 saturated carbocycles. The molecule has 0 amide bonds. The van der Waals surface area contributed by atoms with E-state index in [4.69, 9.17) is 0 Å². The zero-order valence-corrected chi connectivity index (χ0v) is 12.2. The topological polar surface area (TPSA) is 74.7 Å². The van der Waals surface area contributed by atoms with E-state index in [9.17, 15) is 18.3 Å². The van der Waals surface area contributed by atoms with E-state index in [1.54, 1.807) is 0 Å². The van der Waals surface area contributed by atoms with Crippen molar-refractivity contribution in [2.24, 2.45) is 5.92 Å². The summed E-state index contributed by atoms with van der Waals surface area (Å²) in [5.41, 5.74) is 1.00. The van der Waals surface area contributed by atoms with Gasteiger partial charge in [0.15, 0.2) is 0 Å². The number of carboxylic acid groups (broad SMARTS) is 1. The summed E-state index contributed by atoms with van der Waals surface area (Å²) in [5.74, 6) is -1.30. The number of hydrogen-bond donors (Lipinski definition) is 1. The van der Waals surface area contributed by atoms with Crippen LogP contribution in [0.3, 0.4) is 0 Å². The van der Waals surface area contributed by atoms with Crippen LogP contribution in [0.15, 0.2) is 30.3 Å². The molecule has 1 aliphatic heterocycles. The van der Waals surface area contributed by atoms with Crippen molar-refractivity contribution in [1.82, 2.24) is 4.90 Å². The van der Waals surface area contributed by atoms with Gasteiger partial charge in [0.05, 0.1) is 11.7 Å². The summed E-state index contributed by atoms with van der Waals surface area (Å²) in [6.45, 7) is 1.40. The average Bonchev–Trinajstić information content (AvgIpc) is 2.81. The molecular formula is C14H19NO4S. The Kier molecular flexibility index (Phi) is 4.45. The monoisotopic (exact) mass is 297 g/mol. The van der Waals surface area contributed by atoms with Crippen LogP contribution in [0.2, 0.25) is 0 Å². The summed E-state index contributed by atoms with van der Waals surface area (Å²) in [7, 11) is -3.02. The minimum atomic E-state index is -3.02. The number of carboxylic acids is 1. The molecule has 0 radical (unpaired) electrons. The molecular weight excluding hydrogens is 278 g/mol. The van der Waals surface area contributed by atoms with E-state index in [1.807, 2.05) is 35.2 Å². The van der Waals surface area contributed by atoms with Crippen LogP contribution in [-0.2, 0) is 14.6 Å². The minimum absolute atomic E-state index is 0.0703. The molecule has 2 atom stereocenters. The van der Waals surface area contributed by atoms with Gasteiger partial charge in [-0.1, -0.05) is 30.3 Å². The molecule has 1 N–H and O–H groups in total. The van der Waals surface area contributed by atoms with E-state index < -0.39 is 21.7 Å². The van der Waals surface area contributed by atoms with E-state index >= 15 is 0 Å². The van der Waals surface area contributed by atoms with E-state index in [1.165, 1.54) is 6.26 Å². The molecule has 1 saturated heterocycles. The highest BCUT2D eigenvalue weighted by atomic mass is 32.2. The number of likely N-dealkylation sites (tertiary alicyclic amines) is 1. The number of hydrogen-bond acceptors (Lipinski definition) is 4. The summed E-state index contributed by atoms with van der Waals surface area (Å²) in [6.07, 6.45) is 1.20. The zero-order valence-electron chi connectivity index (χ0n) is 11.4. The van der Waals surface area contributed by atoms with Crippen LogP contribution in [0.4, 0.5) is 0 Å². The van der Waals surface area contributed by atoms with Gasteiger partial charge in [0, 0.05) is 31.8 Å². The summed E-state index contributed by atoms with van der Waals surface area (Å²) in [6, 6.07) is 9.55. The molecule has 1 aromatic carbocycles. The van der Waals surface area contributed by atoms with Crippen LogP contribution >= 0.6 is 0 Å². The SMILES string of the molecule is CS(=O)(=O)CCN1C[C@H](C(=O)O)[C@@H](c2ccccc2)C1. The van der Waals surface area contributed by atoms with Gasteiger partial charge in [0.25, 0.3) is 0 Å². The molecule has 5 nitrogen and oxygen atoms in total. The van der Waals surface area contributed by atoms with Gasteiger partial charge >= 0.3 is 5.97 Å². The largest absolute Gasteiger partial charge is 0.481 e. The third-order valence-electron chi connectivity index (χ3n) is 3.72. The van der Waals surface area contributed by atoms with E-state index in [0.717, 1.165) is 5.56 Å². The van der Waals surface area contributed by atoms with Gasteiger partial charge in [-0.25, -0.2) is 8.42 Å². The molecule has 1 fully saturated rings. The van der Waals surface area contributed by atoms with Crippen molar-refractivity contribution in [3.05, 3.63) is 35.9 Å². The van der Waals surface area contributed by atoms with E-state index in [2.05, 4.69) is 0 Å². The minimum Gasteiger partial charge on any atom is -0.481 e. The van der Waals surface area contributed by atoms with Crippen LogP contribution in [-0.4, -0.2) is 56.0 Å². The van der Waals surface area contributed by atoms with Crippen molar-refractivity contribution in [1.29, 1.82) is 0 Å². The average molecular weight is 297 g/mol. The summed E-state index contributed by atoms with van der Waals surface area (Å²) in [5, 5.41) is 9.35. The summed E-state index contributed by atoms with van der Waals surface area (Å²) >= 11 is 0. The predicted molar refractivity (Wildman–Crippen MR) is 76.5 cm³/mol. The molecule has 0 aliphatic carbocycles. The fourth-order valence-electron chi connectivity index (χ4n) is 2.65. The lowest BCUT2D eigenvalue weighted by Gasteiger charge is -2.15. The third kappa shape index (κ3) is 3.80. The Balaban J connectivity index is 2.10. The zero-order chi connectivity index (χ0) is 14.8. The van der Waals surface area contributed by atoms with Gasteiger partial charge < -0.3 is 10.0 Å². The Morgan fingerprint density at radius 2 is 1.95 bits per heavy atom. The summed E-state index contributed by atoms with van der Waals surface area (Å²) < 4.78 is 22.4. The molecule has 0 aromatic heterocycles. The van der Waals surface area contributed by atoms with Gasteiger partial charge in [-0.15, -0.1) is 0 Å². The van der Waals surface area contributed by atoms with Crippen LogP contribution < -0.4 is 0 Å². The smallest absolute Gasteiger partial charge is 0.308 e. The van der Waals surface area contributed by atoms with E-state index in [0.29, 0.717) is 19.6 Å². The number of carbonyl (C=O) groups is 1. The normalized spacial score (nSPS) is 23.9. The maximum Gasteiger partial charge on any atom is 0.308 e. The Bertz CT molecular complexity index is 570. The van der Waals surface area contributed by atoms with Crippen molar-refractivity contribution < 1.29 is 18.3 Å². The highest BCUT2D eigenvalue weighted by Crippen LogP contribution is 2.32. The lowest BCUT2D eigenvalue weighted by molar-refractivity contribution is -0.141. The van der Waals surface area contributed by atoms with Crippen molar-refractivity contribution in [2.75, 3.05) is 31.6 Å². The molecule has 1 aliphatic rings. The number of nitrogens with zero attached hydrogens (tertiary/aromatic N) is 1. The Labute approximate surface area is 119 Å². The quantitative estimate of drug-likeness (QED) is 0.871. The van der Waals surface area contributed by atoms with Crippen molar-refractivity contribution in [3.8, 4) is 0 Å². The molecule has 20 heavy (non-hydrogen) atoms. The molecule has 0 unspecified atom stereocenters. The number of rotatable bonds is 5. The summed E-state index contributed by atoms with van der Waals surface area (Å²) in [4.78, 5) is 13.3. The molecule has 110 valence electrons. The Morgan fingerprint density at radius 1 is 1.30 bits per heavy atom. The number of aliphatic carboxylic acids is 1. The Hall–Kier alpha value is -1.40. The molecule has 1 aromatic rings. The first-order valence-corrected chi connectivity index (χ1v) is 8.61. The lowest BCUT2D eigenvalue weighted by atomic mass is 9.89. The van der Waals surface area contributed by atoms with Gasteiger partial charge in [-0.05, 0) is 5.56 Å². The van der Waals surface area contributed by atoms with Crippen LogP contribution in [0, 0.1) is 5.92 Å². The lowest BCUT2D eigenvalue weighted by Crippen LogP contribution is -2.28. The first-order chi connectivity index (χ1) is 9.37. The second-order valence-corrected chi connectivity index (χ2v) is 7.61. The van der Waals surface area contributed by atoms with Gasteiger partial charge in [0.2, 0.25) is 0 Å². The van der Waals surface area contributed by atoms with Crippen molar-refractivity contribution >= 4 is 15.8 Å². The second kappa shape index (κ2) is 5.93. The fraction of sp³-hybridized carbons (Fsp3) is 0.500. The predicted octanol–water partition coefficient (Wildman–Crippen LogP) is 0.831. The van der Waals surface area contributed by atoms with Crippen LogP contribution in [0.5, 0.6) is 0 Å². The third-order valence-corrected chi connectivity index (χ3v) is 4.64. The maximum absolute atomic E-state index is 11.4. The van der Waals surface area contributed by atoms with Gasteiger partial charge in [-0.2, -0.15) is 0 Å². The van der Waals surface area contributed by atoms with Crippen LogP contribution in [0.1, 0.15) is 11.5 Å². The molecule has 6 heteroatoms. The van der Waals surface area contributed by atoms with Crippen LogP contribution in [0.25, 0.3) is 0 Å². The number of sulfone groups is 1. The Morgan fingerprint density at radius 3 is 2.50 bits per heavy atom.